The molecular formula is C16H32O7. The maximum absolute atomic E-state index is 11.7. The van der Waals surface area contributed by atoms with Gasteiger partial charge in [0.15, 0.2) is 6.10 Å². The summed E-state index contributed by atoms with van der Waals surface area (Å²) in [6.45, 7) is 0.722. The van der Waals surface area contributed by atoms with Crippen LogP contribution in [0.3, 0.4) is 0 Å². The molecule has 23 heavy (non-hydrogen) atoms. The fourth-order valence-corrected chi connectivity index (χ4v) is 2.22. The summed E-state index contributed by atoms with van der Waals surface area (Å²) in [6, 6.07) is 0. The van der Waals surface area contributed by atoms with Crippen LogP contribution in [0.2, 0.25) is 0 Å². The van der Waals surface area contributed by atoms with Gasteiger partial charge in [-0.3, -0.25) is 4.79 Å². The van der Waals surface area contributed by atoms with Gasteiger partial charge in [-0.1, -0.05) is 45.4 Å². The molecule has 0 saturated carbocycles. The lowest BCUT2D eigenvalue weighted by atomic mass is 10.0. The molecule has 0 spiro atoms. The van der Waals surface area contributed by atoms with Gasteiger partial charge in [0, 0.05) is 6.42 Å². The van der Waals surface area contributed by atoms with Crippen LogP contribution >= 0.6 is 0 Å². The van der Waals surface area contributed by atoms with Crippen LogP contribution in [0, 0.1) is 0 Å². The third-order valence-electron chi connectivity index (χ3n) is 3.76. The van der Waals surface area contributed by atoms with Crippen molar-refractivity contribution in [3.63, 3.8) is 0 Å². The van der Waals surface area contributed by atoms with Gasteiger partial charge in [0.1, 0.15) is 18.3 Å². The normalized spacial score (nSPS) is 16.6. The second-order valence-electron chi connectivity index (χ2n) is 5.81. The number of hydrogen-bond donors (Lipinski definition) is 5. The van der Waals surface area contributed by atoms with Crippen LogP contribution in [0.25, 0.3) is 0 Å². The topological polar surface area (TPSA) is 127 Å². The fraction of sp³-hybridized carbons (Fsp3) is 0.938. The van der Waals surface area contributed by atoms with E-state index in [-0.39, 0.29) is 6.42 Å². The maximum Gasteiger partial charge on any atom is 0.306 e. The second kappa shape index (κ2) is 13.7. The molecule has 0 amide bonds. The highest BCUT2D eigenvalue weighted by molar-refractivity contribution is 5.69. The first-order chi connectivity index (χ1) is 11.0. The van der Waals surface area contributed by atoms with Crippen LogP contribution in [0.5, 0.6) is 0 Å². The molecular weight excluding hydrogens is 304 g/mol. The summed E-state index contributed by atoms with van der Waals surface area (Å²) in [5, 5.41) is 46.4. The molecule has 7 nitrogen and oxygen atoms in total. The highest BCUT2D eigenvalue weighted by Crippen LogP contribution is 2.12. The summed E-state index contributed by atoms with van der Waals surface area (Å²) in [5.41, 5.74) is 0. The molecule has 0 unspecified atom stereocenters. The van der Waals surface area contributed by atoms with Crippen molar-refractivity contribution in [2.75, 3.05) is 13.2 Å². The number of carbonyl (C=O) groups excluding carboxylic acids is 1. The lowest BCUT2D eigenvalue weighted by Gasteiger charge is -2.27. The number of esters is 1. The van der Waals surface area contributed by atoms with Gasteiger partial charge in [-0.15, -0.1) is 0 Å². The minimum Gasteiger partial charge on any atom is -0.457 e. The highest BCUT2D eigenvalue weighted by Gasteiger charge is 2.33. The number of ether oxygens (including phenoxy) is 1. The second-order valence-corrected chi connectivity index (χ2v) is 5.81. The standard InChI is InChI=1S/C16H32O7/c1-2-3-4-5-6-7-8-9-14(20)23-13(11-18)16(22)15(21)12(19)10-17/h12-13,15-19,21-22H,2-11H2,1H3/t12-,13-,15-,16-/m1/s1. The Balaban J connectivity index is 4.00. The molecule has 0 heterocycles. The Kier molecular flexibility index (Phi) is 13.3. The maximum atomic E-state index is 11.7. The summed E-state index contributed by atoms with van der Waals surface area (Å²) in [7, 11) is 0. The molecule has 0 aromatic heterocycles. The van der Waals surface area contributed by atoms with E-state index in [2.05, 4.69) is 6.92 Å². The predicted molar refractivity (Wildman–Crippen MR) is 84.7 cm³/mol. The van der Waals surface area contributed by atoms with E-state index in [1.165, 1.54) is 19.3 Å². The van der Waals surface area contributed by atoms with E-state index in [0.29, 0.717) is 6.42 Å². The zero-order valence-electron chi connectivity index (χ0n) is 13.9. The number of hydrogen-bond acceptors (Lipinski definition) is 7. The van der Waals surface area contributed by atoms with E-state index in [0.717, 1.165) is 19.3 Å². The molecule has 0 aromatic carbocycles. The molecule has 4 atom stereocenters. The van der Waals surface area contributed by atoms with Crippen molar-refractivity contribution < 1.29 is 35.1 Å². The highest BCUT2D eigenvalue weighted by atomic mass is 16.6. The minimum absolute atomic E-state index is 0.176. The monoisotopic (exact) mass is 336 g/mol. The van der Waals surface area contributed by atoms with Crippen LogP contribution in [-0.2, 0) is 9.53 Å². The van der Waals surface area contributed by atoms with E-state index >= 15 is 0 Å². The average Bonchev–Trinajstić information content (AvgIpc) is 2.56. The number of unbranched alkanes of at least 4 members (excludes halogenated alkanes) is 6. The molecule has 0 aliphatic carbocycles. The Morgan fingerprint density at radius 1 is 0.870 bits per heavy atom. The van der Waals surface area contributed by atoms with Gasteiger partial charge in [-0.05, 0) is 6.42 Å². The van der Waals surface area contributed by atoms with Crippen LogP contribution in [0.4, 0.5) is 0 Å². The predicted octanol–water partition coefficient (Wildman–Crippen LogP) is 0.106. The Labute approximate surface area is 137 Å². The SMILES string of the molecule is CCCCCCCCCC(=O)O[C@H](CO)[C@@H](O)[C@H](O)[C@H](O)CO. The molecule has 0 aliphatic heterocycles. The van der Waals surface area contributed by atoms with Gasteiger partial charge in [-0.25, -0.2) is 0 Å². The smallest absolute Gasteiger partial charge is 0.306 e. The van der Waals surface area contributed by atoms with Crippen molar-refractivity contribution in [2.24, 2.45) is 0 Å². The summed E-state index contributed by atoms with van der Waals surface area (Å²) in [6.07, 6.45) is 1.30. The Hall–Kier alpha value is -0.730. The summed E-state index contributed by atoms with van der Waals surface area (Å²) in [4.78, 5) is 11.7. The number of rotatable bonds is 14. The largest absolute Gasteiger partial charge is 0.457 e. The molecule has 5 N–H and O–H groups in total. The first-order valence-electron chi connectivity index (χ1n) is 8.43. The average molecular weight is 336 g/mol. The first kappa shape index (κ1) is 22.3. The molecule has 0 aliphatic rings. The Bertz CT molecular complexity index is 298. The van der Waals surface area contributed by atoms with E-state index < -0.39 is 43.6 Å². The third kappa shape index (κ3) is 9.88. The summed E-state index contributed by atoms with van der Waals surface area (Å²) >= 11 is 0. The molecule has 0 aromatic rings. The van der Waals surface area contributed by atoms with Crippen LogP contribution < -0.4 is 0 Å². The van der Waals surface area contributed by atoms with Crippen molar-refractivity contribution in [3.05, 3.63) is 0 Å². The van der Waals surface area contributed by atoms with Gasteiger partial charge in [0.2, 0.25) is 0 Å². The van der Waals surface area contributed by atoms with Crippen molar-refractivity contribution in [1.82, 2.24) is 0 Å². The number of carbonyl (C=O) groups is 1. The molecule has 0 radical (unpaired) electrons. The lowest BCUT2D eigenvalue weighted by Crippen LogP contribution is -2.48. The van der Waals surface area contributed by atoms with Crippen molar-refractivity contribution in [1.29, 1.82) is 0 Å². The first-order valence-corrected chi connectivity index (χ1v) is 8.43. The van der Waals surface area contributed by atoms with Crippen molar-refractivity contribution >= 4 is 5.97 Å². The van der Waals surface area contributed by atoms with Gasteiger partial charge in [-0.2, -0.15) is 0 Å². The van der Waals surface area contributed by atoms with Crippen molar-refractivity contribution in [3.8, 4) is 0 Å². The third-order valence-corrected chi connectivity index (χ3v) is 3.76. The van der Waals surface area contributed by atoms with Gasteiger partial charge in [0.05, 0.1) is 13.2 Å². The van der Waals surface area contributed by atoms with Crippen LogP contribution in [-0.4, -0.2) is 69.1 Å². The lowest BCUT2D eigenvalue weighted by molar-refractivity contribution is -0.171. The number of aliphatic hydroxyl groups excluding tert-OH is 5. The number of aliphatic hydroxyl groups is 5. The van der Waals surface area contributed by atoms with Gasteiger partial charge < -0.3 is 30.3 Å². The zero-order valence-corrected chi connectivity index (χ0v) is 13.9. The van der Waals surface area contributed by atoms with Gasteiger partial charge in [0.25, 0.3) is 0 Å². The molecule has 0 saturated heterocycles. The van der Waals surface area contributed by atoms with Crippen molar-refractivity contribution in [2.45, 2.75) is 82.7 Å². The van der Waals surface area contributed by atoms with E-state index in [1.807, 2.05) is 0 Å². The van der Waals surface area contributed by atoms with Crippen LogP contribution in [0.1, 0.15) is 58.3 Å². The molecule has 7 heteroatoms. The van der Waals surface area contributed by atoms with E-state index in [4.69, 9.17) is 14.9 Å². The fourth-order valence-electron chi connectivity index (χ4n) is 2.22. The van der Waals surface area contributed by atoms with E-state index in [9.17, 15) is 20.1 Å². The summed E-state index contributed by atoms with van der Waals surface area (Å²) < 4.78 is 4.93. The molecule has 0 rings (SSSR count). The minimum atomic E-state index is -1.71. The molecule has 138 valence electrons. The Morgan fingerprint density at radius 3 is 1.96 bits per heavy atom. The van der Waals surface area contributed by atoms with Gasteiger partial charge >= 0.3 is 5.97 Å². The molecule has 0 fully saturated rings. The molecule has 0 bridgehead atoms. The zero-order chi connectivity index (χ0) is 17.7. The van der Waals surface area contributed by atoms with Crippen LogP contribution in [0.15, 0.2) is 0 Å². The quantitative estimate of drug-likeness (QED) is 0.225. The van der Waals surface area contributed by atoms with E-state index in [1.54, 1.807) is 0 Å². The summed E-state index contributed by atoms with van der Waals surface area (Å²) in [5.74, 6) is -0.567. The Morgan fingerprint density at radius 2 is 1.43 bits per heavy atom.